The molecule has 33 heavy (non-hydrogen) atoms. The molecule has 3 aromatic heterocycles. The Morgan fingerprint density at radius 3 is 2.64 bits per heavy atom. The van der Waals surface area contributed by atoms with Crippen LogP contribution in [0.3, 0.4) is 0 Å². The average Bonchev–Trinajstić information content (AvgIpc) is 3.46. The van der Waals surface area contributed by atoms with Crippen molar-refractivity contribution in [2.24, 2.45) is 0 Å². The van der Waals surface area contributed by atoms with Gasteiger partial charge in [0.05, 0.1) is 28.8 Å². The third kappa shape index (κ3) is 4.48. The van der Waals surface area contributed by atoms with Gasteiger partial charge in [-0.25, -0.2) is 32.8 Å². The van der Waals surface area contributed by atoms with Gasteiger partial charge < -0.3 is 4.90 Å². The number of aryl methyl sites for hydroxylation is 2. The Morgan fingerprint density at radius 2 is 1.94 bits per heavy atom. The Labute approximate surface area is 196 Å². The van der Waals surface area contributed by atoms with Crippen molar-refractivity contribution in [3.63, 3.8) is 0 Å². The van der Waals surface area contributed by atoms with Crippen molar-refractivity contribution >= 4 is 38.1 Å². The predicted molar refractivity (Wildman–Crippen MR) is 128 cm³/mol. The lowest BCUT2D eigenvalue weighted by molar-refractivity contribution is 0.364. The molecule has 1 aliphatic rings. The number of para-hydroxylation sites is 1. The quantitative estimate of drug-likeness (QED) is 0.449. The zero-order valence-electron chi connectivity index (χ0n) is 18.5. The number of thiazole rings is 1. The van der Waals surface area contributed by atoms with Gasteiger partial charge in [0.2, 0.25) is 10.0 Å². The Balaban J connectivity index is 1.46. The fourth-order valence-electron chi connectivity index (χ4n) is 4.24. The van der Waals surface area contributed by atoms with E-state index in [1.54, 1.807) is 30.1 Å². The number of sulfonamides is 1. The average molecular weight is 484 g/mol. The van der Waals surface area contributed by atoms with Crippen molar-refractivity contribution in [1.82, 2.24) is 29.5 Å². The largest absolute Gasteiger partial charge is 0.355 e. The molecule has 0 atom stereocenters. The molecule has 0 spiro atoms. The highest BCUT2D eigenvalue weighted by Gasteiger charge is 2.28. The topological polar surface area (TPSA) is 106 Å². The minimum atomic E-state index is -3.81. The van der Waals surface area contributed by atoms with Gasteiger partial charge in [0, 0.05) is 23.4 Å². The zero-order valence-corrected chi connectivity index (χ0v) is 20.1. The van der Waals surface area contributed by atoms with Crippen LogP contribution in [0.2, 0.25) is 0 Å². The third-order valence-corrected chi connectivity index (χ3v) is 8.30. The molecular weight excluding hydrogens is 458 g/mol. The molecule has 1 aliphatic heterocycles. The highest BCUT2D eigenvalue weighted by molar-refractivity contribution is 7.89. The van der Waals surface area contributed by atoms with E-state index in [1.165, 1.54) is 0 Å². The Kier molecular flexibility index (Phi) is 5.85. The number of aromatic nitrogens is 5. The number of fused-ring (bicyclic) bond motifs is 1. The second-order valence-corrected chi connectivity index (χ2v) is 11.3. The van der Waals surface area contributed by atoms with Gasteiger partial charge in [-0.3, -0.25) is 0 Å². The maximum absolute atomic E-state index is 13.5. The first kappa shape index (κ1) is 21.9. The summed E-state index contributed by atoms with van der Waals surface area (Å²) in [6.07, 6.45) is 4.94. The number of rotatable bonds is 6. The van der Waals surface area contributed by atoms with Gasteiger partial charge in [0.25, 0.3) is 0 Å². The number of hydrogen-bond donors (Lipinski definition) is 1. The summed E-state index contributed by atoms with van der Waals surface area (Å²) in [5.41, 5.74) is 1.53. The molecule has 1 aromatic carbocycles. The Hall–Kier alpha value is -2.89. The van der Waals surface area contributed by atoms with Crippen LogP contribution in [0.1, 0.15) is 34.5 Å². The number of benzene rings is 1. The standard InChI is InChI=1S/C22H25N7O2S2/c1-15-20(26-16(2)32-15)12-25-33(30,31)21-11-17-5-3-4-6-19(17)27-22(21)28-9-7-18(8-10-28)29-14-23-13-24-29/h3-6,11,13-14,18,25H,7-10,12H2,1-2H3. The molecule has 5 rings (SSSR count). The normalized spacial score (nSPS) is 15.4. The molecule has 0 aliphatic carbocycles. The van der Waals surface area contributed by atoms with E-state index in [9.17, 15) is 8.42 Å². The van der Waals surface area contributed by atoms with E-state index in [-0.39, 0.29) is 17.5 Å². The summed E-state index contributed by atoms with van der Waals surface area (Å²) in [5.74, 6) is 0.490. The molecule has 1 fully saturated rings. The lowest BCUT2D eigenvalue weighted by Crippen LogP contribution is -2.37. The van der Waals surface area contributed by atoms with Gasteiger partial charge in [-0.1, -0.05) is 18.2 Å². The molecule has 4 heterocycles. The van der Waals surface area contributed by atoms with Crippen LogP contribution in [0.25, 0.3) is 10.9 Å². The molecule has 0 unspecified atom stereocenters. The molecule has 4 aromatic rings. The van der Waals surface area contributed by atoms with Gasteiger partial charge in [0.1, 0.15) is 23.4 Å². The second-order valence-electron chi connectivity index (χ2n) is 8.16. The molecule has 1 N–H and O–H groups in total. The van der Waals surface area contributed by atoms with Gasteiger partial charge in [0.15, 0.2) is 0 Å². The summed E-state index contributed by atoms with van der Waals surface area (Å²) in [6, 6.07) is 9.57. The van der Waals surface area contributed by atoms with Crippen LogP contribution < -0.4 is 9.62 Å². The summed E-state index contributed by atoms with van der Waals surface area (Å²) >= 11 is 1.56. The van der Waals surface area contributed by atoms with E-state index in [1.807, 2.05) is 42.8 Å². The molecule has 0 bridgehead atoms. The van der Waals surface area contributed by atoms with Gasteiger partial charge in [-0.15, -0.1) is 11.3 Å². The van der Waals surface area contributed by atoms with Crippen molar-refractivity contribution in [2.45, 2.75) is 44.2 Å². The SMILES string of the molecule is Cc1nc(CNS(=O)(=O)c2cc3ccccc3nc2N2CCC(n3cncn3)CC2)c(C)s1. The number of nitrogens with one attached hydrogen (secondary N) is 1. The van der Waals surface area contributed by atoms with Crippen LogP contribution in [-0.2, 0) is 16.6 Å². The number of piperidine rings is 1. The van der Waals surface area contributed by atoms with Crippen LogP contribution in [0.5, 0.6) is 0 Å². The minimum Gasteiger partial charge on any atom is -0.355 e. The lowest BCUT2D eigenvalue weighted by Gasteiger charge is -2.33. The summed E-state index contributed by atoms with van der Waals surface area (Å²) in [5, 5.41) is 5.97. The smallest absolute Gasteiger partial charge is 0.244 e. The van der Waals surface area contributed by atoms with E-state index < -0.39 is 10.0 Å². The summed E-state index contributed by atoms with van der Waals surface area (Å²) in [6.45, 7) is 5.39. The van der Waals surface area contributed by atoms with Crippen LogP contribution in [0.4, 0.5) is 5.82 Å². The van der Waals surface area contributed by atoms with E-state index in [4.69, 9.17) is 4.98 Å². The molecular formula is C22H25N7O2S2. The summed E-state index contributed by atoms with van der Waals surface area (Å²) in [4.78, 5) is 16.6. The van der Waals surface area contributed by atoms with Crippen LogP contribution in [0, 0.1) is 13.8 Å². The van der Waals surface area contributed by atoms with E-state index >= 15 is 0 Å². The van der Waals surface area contributed by atoms with Crippen molar-refractivity contribution in [1.29, 1.82) is 0 Å². The molecule has 172 valence electrons. The van der Waals surface area contributed by atoms with Crippen LogP contribution >= 0.6 is 11.3 Å². The zero-order chi connectivity index (χ0) is 23.0. The summed E-state index contributed by atoms with van der Waals surface area (Å²) in [7, 11) is -3.81. The maximum Gasteiger partial charge on any atom is 0.244 e. The Bertz CT molecular complexity index is 1380. The van der Waals surface area contributed by atoms with Crippen LogP contribution in [-0.4, -0.2) is 46.2 Å². The molecule has 11 heteroatoms. The van der Waals surface area contributed by atoms with Gasteiger partial charge in [-0.05, 0) is 38.8 Å². The molecule has 1 saturated heterocycles. The van der Waals surface area contributed by atoms with Crippen molar-refractivity contribution in [2.75, 3.05) is 18.0 Å². The highest BCUT2D eigenvalue weighted by Crippen LogP contribution is 2.32. The third-order valence-electron chi connectivity index (χ3n) is 5.96. The molecule has 0 amide bonds. The lowest BCUT2D eigenvalue weighted by atomic mass is 10.1. The van der Waals surface area contributed by atoms with Gasteiger partial charge >= 0.3 is 0 Å². The van der Waals surface area contributed by atoms with Crippen LogP contribution in [0.15, 0.2) is 47.9 Å². The first-order valence-corrected chi connectivity index (χ1v) is 13.1. The van der Waals surface area contributed by atoms with E-state index in [0.29, 0.717) is 18.9 Å². The molecule has 0 saturated carbocycles. The van der Waals surface area contributed by atoms with Crippen molar-refractivity contribution < 1.29 is 8.42 Å². The van der Waals surface area contributed by atoms with Gasteiger partial charge in [-0.2, -0.15) is 5.10 Å². The molecule has 0 radical (unpaired) electrons. The minimum absolute atomic E-state index is 0.152. The van der Waals surface area contributed by atoms with Crippen molar-refractivity contribution in [3.05, 3.63) is 58.6 Å². The highest BCUT2D eigenvalue weighted by atomic mass is 32.2. The predicted octanol–water partition coefficient (Wildman–Crippen LogP) is 3.22. The Morgan fingerprint density at radius 1 is 1.15 bits per heavy atom. The molecule has 9 nitrogen and oxygen atoms in total. The summed E-state index contributed by atoms with van der Waals surface area (Å²) < 4.78 is 31.5. The monoisotopic (exact) mass is 483 g/mol. The number of pyridine rings is 1. The van der Waals surface area contributed by atoms with E-state index in [0.717, 1.165) is 39.3 Å². The fraction of sp³-hybridized carbons (Fsp3) is 0.364. The maximum atomic E-state index is 13.5. The van der Waals surface area contributed by atoms with E-state index in [2.05, 4.69) is 24.7 Å². The first-order valence-electron chi connectivity index (χ1n) is 10.8. The number of hydrogen-bond acceptors (Lipinski definition) is 8. The number of anilines is 1. The fourth-order valence-corrected chi connectivity index (χ4v) is 6.25. The van der Waals surface area contributed by atoms with Crippen molar-refractivity contribution in [3.8, 4) is 0 Å². The number of nitrogens with zero attached hydrogens (tertiary/aromatic N) is 6. The second kappa shape index (κ2) is 8.81. The first-order chi connectivity index (χ1) is 15.9.